The van der Waals surface area contributed by atoms with Gasteiger partial charge in [0.15, 0.2) is 4.90 Å². The second-order valence-corrected chi connectivity index (χ2v) is 8.91. The summed E-state index contributed by atoms with van der Waals surface area (Å²) in [5.74, 6) is -0.0387. The number of amides is 1. The lowest BCUT2D eigenvalue weighted by atomic mass is 10.1. The van der Waals surface area contributed by atoms with Gasteiger partial charge in [0.25, 0.3) is 5.69 Å². The van der Waals surface area contributed by atoms with Crippen LogP contribution in [0.4, 0.5) is 5.69 Å². The fraction of sp³-hybridized carbons (Fsp3) is 0.588. The fourth-order valence-corrected chi connectivity index (χ4v) is 5.73. The first-order valence-corrected chi connectivity index (χ1v) is 10.4. The minimum absolute atomic E-state index is 0. The molecule has 2 saturated heterocycles. The lowest BCUT2D eigenvalue weighted by molar-refractivity contribution is -0.388. The summed E-state index contributed by atoms with van der Waals surface area (Å²) in [4.78, 5) is 24.4. The van der Waals surface area contributed by atoms with Crippen molar-refractivity contribution in [2.75, 3.05) is 32.7 Å². The normalized spacial score (nSPS) is 21.3. The van der Waals surface area contributed by atoms with Gasteiger partial charge >= 0.3 is 0 Å². The van der Waals surface area contributed by atoms with E-state index in [0.717, 1.165) is 6.42 Å². The number of nitro groups is 1. The van der Waals surface area contributed by atoms with E-state index in [1.807, 2.05) is 0 Å². The van der Waals surface area contributed by atoms with Gasteiger partial charge in [0.05, 0.1) is 11.5 Å². The van der Waals surface area contributed by atoms with Crippen molar-refractivity contribution in [1.29, 1.82) is 0 Å². The lowest BCUT2D eigenvalue weighted by Crippen LogP contribution is -2.57. The Morgan fingerprint density at radius 1 is 1.25 bits per heavy atom. The van der Waals surface area contributed by atoms with Crippen molar-refractivity contribution in [3.63, 3.8) is 0 Å². The molecule has 1 aromatic carbocycles. The number of nitrogens with zero attached hydrogens (tertiary/aromatic N) is 3. The van der Waals surface area contributed by atoms with E-state index in [2.05, 4.69) is 5.32 Å². The van der Waals surface area contributed by atoms with Crippen LogP contribution in [-0.4, -0.2) is 67.2 Å². The van der Waals surface area contributed by atoms with Crippen LogP contribution in [0.25, 0.3) is 0 Å². The van der Waals surface area contributed by atoms with Crippen molar-refractivity contribution in [3.8, 4) is 0 Å². The van der Waals surface area contributed by atoms with Crippen LogP contribution >= 0.6 is 12.4 Å². The Bertz CT molecular complexity index is 877. The Balaban J connectivity index is 0.00000280. The third-order valence-electron chi connectivity index (χ3n) is 5.38. The molecule has 0 radical (unpaired) electrons. The molecule has 1 atom stereocenters. The number of rotatable bonds is 4. The zero-order valence-corrected chi connectivity index (χ0v) is 17.5. The van der Waals surface area contributed by atoms with Crippen molar-refractivity contribution in [2.24, 2.45) is 0 Å². The standard InChI is InChI=1S/C17H24N4O5S.ClH/c1-12-5-6-15(21(23)24)17(13(12)2)27(25,26)19-8-3-4-14(11-19)20-9-7-18-10-16(20)22;/h5-6,14,18H,3-4,7-11H2,1-2H3;1H. The number of nitrogens with one attached hydrogen (secondary N) is 1. The molecule has 2 fully saturated rings. The van der Waals surface area contributed by atoms with E-state index in [9.17, 15) is 23.3 Å². The molecule has 0 bridgehead atoms. The van der Waals surface area contributed by atoms with Gasteiger partial charge in [-0.2, -0.15) is 4.31 Å². The zero-order chi connectivity index (χ0) is 19.8. The molecule has 156 valence electrons. The SMILES string of the molecule is Cc1ccc([N+](=O)[O-])c(S(=O)(=O)N2CCCC(N3CCNCC3=O)C2)c1C.Cl. The molecule has 9 nitrogen and oxygen atoms in total. The monoisotopic (exact) mass is 432 g/mol. The third-order valence-corrected chi connectivity index (χ3v) is 7.42. The van der Waals surface area contributed by atoms with Gasteiger partial charge in [-0.25, -0.2) is 8.42 Å². The number of nitro benzene ring substituents is 1. The molecule has 0 saturated carbocycles. The van der Waals surface area contributed by atoms with Gasteiger partial charge in [0, 0.05) is 38.3 Å². The molecule has 2 heterocycles. The van der Waals surface area contributed by atoms with Crippen LogP contribution in [0.5, 0.6) is 0 Å². The number of hydrogen-bond acceptors (Lipinski definition) is 6. The van der Waals surface area contributed by atoms with Crippen molar-refractivity contribution in [3.05, 3.63) is 33.4 Å². The fourth-order valence-electron chi connectivity index (χ4n) is 3.78. The maximum Gasteiger partial charge on any atom is 0.289 e. The summed E-state index contributed by atoms with van der Waals surface area (Å²) in [7, 11) is -4.04. The summed E-state index contributed by atoms with van der Waals surface area (Å²) < 4.78 is 27.9. The minimum atomic E-state index is -4.04. The Kier molecular flexibility index (Phi) is 7.02. The highest BCUT2D eigenvalue weighted by molar-refractivity contribution is 7.89. The van der Waals surface area contributed by atoms with Crippen LogP contribution in [0.1, 0.15) is 24.0 Å². The van der Waals surface area contributed by atoms with E-state index in [0.29, 0.717) is 37.2 Å². The number of halogens is 1. The Hall–Kier alpha value is -1.75. The number of sulfonamides is 1. The maximum absolute atomic E-state index is 13.3. The number of piperazine rings is 1. The molecule has 0 aromatic heterocycles. The molecule has 2 aliphatic heterocycles. The molecular weight excluding hydrogens is 408 g/mol. The number of piperidine rings is 1. The Morgan fingerprint density at radius 2 is 1.96 bits per heavy atom. The van der Waals surface area contributed by atoms with Gasteiger partial charge in [0.2, 0.25) is 15.9 Å². The van der Waals surface area contributed by atoms with Gasteiger partial charge in [-0.3, -0.25) is 14.9 Å². The number of carbonyl (C=O) groups is 1. The highest BCUT2D eigenvalue weighted by Gasteiger charge is 2.39. The molecule has 2 aliphatic rings. The van der Waals surface area contributed by atoms with Gasteiger partial charge < -0.3 is 10.2 Å². The number of carbonyl (C=O) groups excluding carboxylic acids is 1. The predicted octanol–water partition coefficient (Wildman–Crippen LogP) is 1.22. The van der Waals surface area contributed by atoms with Crippen LogP contribution in [-0.2, 0) is 14.8 Å². The Morgan fingerprint density at radius 3 is 2.61 bits per heavy atom. The smallest absolute Gasteiger partial charge is 0.289 e. The summed E-state index contributed by atoms with van der Waals surface area (Å²) in [6.07, 6.45) is 1.34. The van der Waals surface area contributed by atoms with Crippen LogP contribution in [0.2, 0.25) is 0 Å². The van der Waals surface area contributed by atoms with Crippen LogP contribution in [0.15, 0.2) is 17.0 Å². The van der Waals surface area contributed by atoms with Gasteiger partial charge in [-0.15, -0.1) is 12.4 Å². The molecular formula is C17H25ClN4O5S. The first-order chi connectivity index (χ1) is 12.7. The molecule has 3 rings (SSSR count). The van der Waals surface area contributed by atoms with Crippen molar-refractivity contribution < 1.29 is 18.1 Å². The number of aryl methyl sites for hydroxylation is 1. The van der Waals surface area contributed by atoms with Crippen molar-refractivity contribution in [1.82, 2.24) is 14.5 Å². The van der Waals surface area contributed by atoms with Crippen LogP contribution in [0, 0.1) is 24.0 Å². The van der Waals surface area contributed by atoms with E-state index in [1.54, 1.807) is 24.8 Å². The highest BCUT2D eigenvalue weighted by atomic mass is 35.5. The summed E-state index contributed by atoms with van der Waals surface area (Å²) in [6, 6.07) is 2.61. The number of hydrogen-bond donors (Lipinski definition) is 1. The quantitative estimate of drug-likeness (QED) is 0.565. The van der Waals surface area contributed by atoms with Crippen molar-refractivity contribution >= 4 is 34.0 Å². The molecule has 1 amide bonds. The summed E-state index contributed by atoms with van der Waals surface area (Å²) in [5, 5.41) is 14.4. The van der Waals surface area contributed by atoms with Gasteiger partial charge in [-0.05, 0) is 37.8 Å². The summed E-state index contributed by atoms with van der Waals surface area (Å²) in [5.41, 5.74) is 0.674. The molecule has 1 unspecified atom stereocenters. The average molecular weight is 433 g/mol. The number of benzene rings is 1. The predicted molar refractivity (Wildman–Crippen MR) is 106 cm³/mol. The summed E-state index contributed by atoms with van der Waals surface area (Å²) in [6.45, 7) is 5.26. The van der Waals surface area contributed by atoms with E-state index < -0.39 is 20.6 Å². The van der Waals surface area contributed by atoms with Crippen LogP contribution < -0.4 is 5.32 Å². The van der Waals surface area contributed by atoms with E-state index >= 15 is 0 Å². The van der Waals surface area contributed by atoms with E-state index in [1.165, 1.54) is 10.4 Å². The van der Waals surface area contributed by atoms with E-state index in [-0.39, 0.29) is 42.3 Å². The van der Waals surface area contributed by atoms with Gasteiger partial charge in [-0.1, -0.05) is 6.07 Å². The zero-order valence-electron chi connectivity index (χ0n) is 15.9. The molecule has 11 heteroatoms. The molecule has 1 N–H and O–H groups in total. The molecule has 0 spiro atoms. The third kappa shape index (κ3) is 4.14. The minimum Gasteiger partial charge on any atom is -0.336 e. The molecule has 1 aromatic rings. The second kappa shape index (κ2) is 8.73. The summed E-state index contributed by atoms with van der Waals surface area (Å²) >= 11 is 0. The topological polar surface area (TPSA) is 113 Å². The average Bonchev–Trinajstić information content (AvgIpc) is 2.64. The first kappa shape index (κ1) is 22.5. The van der Waals surface area contributed by atoms with Crippen LogP contribution in [0.3, 0.4) is 0 Å². The largest absolute Gasteiger partial charge is 0.336 e. The molecule has 0 aliphatic carbocycles. The van der Waals surface area contributed by atoms with E-state index in [4.69, 9.17) is 0 Å². The van der Waals surface area contributed by atoms with Gasteiger partial charge in [0.1, 0.15) is 0 Å². The molecule has 28 heavy (non-hydrogen) atoms. The maximum atomic E-state index is 13.3. The second-order valence-electron chi connectivity index (χ2n) is 7.04. The van der Waals surface area contributed by atoms with Crippen molar-refractivity contribution in [2.45, 2.75) is 37.6 Å². The Labute approximate surface area is 170 Å². The first-order valence-electron chi connectivity index (χ1n) is 8.98. The lowest BCUT2D eigenvalue weighted by Gasteiger charge is -2.40. The highest BCUT2D eigenvalue weighted by Crippen LogP contribution is 2.33.